The van der Waals surface area contributed by atoms with Gasteiger partial charge in [-0.15, -0.1) is 0 Å². The molecule has 0 bridgehead atoms. The van der Waals surface area contributed by atoms with E-state index in [1.54, 1.807) is 6.08 Å². The van der Waals surface area contributed by atoms with Gasteiger partial charge in [-0.3, -0.25) is 0 Å². The molecule has 13 heavy (non-hydrogen) atoms. The second-order valence-corrected chi connectivity index (χ2v) is 2.33. The lowest BCUT2D eigenvalue weighted by Crippen LogP contribution is -2.32. The lowest BCUT2D eigenvalue weighted by molar-refractivity contribution is 0.120. The van der Waals surface area contributed by atoms with Crippen LogP contribution in [0.3, 0.4) is 0 Å². The van der Waals surface area contributed by atoms with Crippen LogP contribution in [0, 0.1) is 11.3 Å². The van der Waals surface area contributed by atoms with Crippen molar-refractivity contribution in [1.29, 1.82) is 5.26 Å². The summed E-state index contributed by atoms with van der Waals surface area (Å²) in [7, 11) is 1.34. The van der Waals surface area contributed by atoms with Crippen LogP contribution in [0.4, 0.5) is 4.79 Å². The second-order valence-electron chi connectivity index (χ2n) is 2.33. The van der Waals surface area contributed by atoms with E-state index in [-0.39, 0.29) is 18.0 Å². The van der Waals surface area contributed by atoms with Gasteiger partial charge < -0.3 is 9.84 Å². The molecule has 0 atom stereocenters. The van der Waals surface area contributed by atoms with Gasteiger partial charge >= 0.3 is 6.09 Å². The number of carboxylic acid groups (broad SMARTS) is 1. The minimum absolute atomic E-state index is 0.0810. The number of nitriles is 1. The standard InChI is InChI=1S/C8H8N2O3/c1-13-7-6(5-9)3-2-4-10(7)8(11)12/h2-3H,4H2,1H3,(H,11,12). The molecule has 0 spiro atoms. The Morgan fingerprint density at radius 3 is 3.00 bits per heavy atom. The van der Waals surface area contributed by atoms with Gasteiger partial charge in [0.25, 0.3) is 0 Å². The van der Waals surface area contributed by atoms with Gasteiger partial charge in [0.1, 0.15) is 11.6 Å². The third-order valence-electron chi connectivity index (χ3n) is 1.59. The number of hydrogen-bond acceptors (Lipinski definition) is 3. The zero-order valence-electron chi connectivity index (χ0n) is 7.02. The first-order valence-corrected chi connectivity index (χ1v) is 3.56. The number of rotatable bonds is 1. The zero-order valence-corrected chi connectivity index (χ0v) is 7.02. The first kappa shape index (κ1) is 9.13. The van der Waals surface area contributed by atoms with Gasteiger partial charge in [0.15, 0.2) is 0 Å². The van der Waals surface area contributed by atoms with Crippen molar-refractivity contribution in [3.8, 4) is 6.07 Å². The van der Waals surface area contributed by atoms with E-state index in [0.717, 1.165) is 4.90 Å². The number of methoxy groups -OCH3 is 1. The monoisotopic (exact) mass is 180 g/mol. The van der Waals surface area contributed by atoms with Crippen molar-refractivity contribution < 1.29 is 14.6 Å². The normalized spacial score (nSPS) is 15.5. The molecule has 0 aromatic heterocycles. The Hall–Kier alpha value is -1.96. The number of hydrogen-bond donors (Lipinski definition) is 1. The molecule has 1 N–H and O–H groups in total. The molecular formula is C8H8N2O3. The van der Waals surface area contributed by atoms with Crippen LogP contribution in [0.5, 0.6) is 0 Å². The minimum atomic E-state index is -1.13. The van der Waals surface area contributed by atoms with Crippen molar-refractivity contribution in [3.05, 3.63) is 23.6 Å². The molecule has 1 aliphatic rings. The average Bonchev–Trinajstić information content (AvgIpc) is 2.16. The van der Waals surface area contributed by atoms with Crippen molar-refractivity contribution >= 4 is 6.09 Å². The molecule has 5 heteroatoms. The molecule has 1 amide bonds. The summed E-state index contributed by atoms with van der Waals surface area (Å²) in [5.41, 5.74) is 0.219. The predicted octanol–water partition coefficient (Wildman–Crippen LogP) is 0.918. The molecular weight excluding hydrogens is 172 g/mol. The summed E-state index contributed by atoms with van der Waals surface area (Å²) < 4.78 is 4.82. The van der Waals surface area contributed by atoms with Crippen LogP contribution in [0.25, 0.3) is 0 Å². The Morgan fingerprint density at radius 2 is 2.54 bits per heavy atom. The Bertz CT molecular complexity index is 325. The van der Waals surface area contributed by atoms with Crippen LogP contribution in [0.15, 0.2) is 23.6 Å². The Labute approximate surface area is 75.1 Å². The number of nitrogens with zero attached hydrogens (tertiary/aromatic N) is 2. The van der Waals surface area contributed by atoms with Gasteiger partial charge in [0.05, 0.1) is 13.7 Å². The molecule has 1 aliphatic heterocycles. The highest BCUT2D eigenvalue weighted by Crippen LogP contribution is 2.16. The Morgan fingerprint density at radius 1 is 1.85 bits per heavy atom. The Balaban J connectivity index is 3.06. The number of amides is 1. The predicted molar refractivity (Wildman–Crippen MR) is 43.5 cm³/mol. The molecule has 0 saturated heterocycles. The van der Waals surface area contributed by atoms with Gasteiger partial charge in [-0.25, -0.2) is 9.69 Å². The first-order chi connectivity index (χ1) is 6.20. The summed E-state index contributed by atoms with van der Waals surface area (Å²) in [6.45, 7) is 0.212. The van der Waals surface area contributed by atoms with Gasteiger partial charge in [-0.05, 0) is 6.08 Å². The van der Waals surface area contributed by atoms with E-state index in [9.17, 15) is 4.79 Å². The van der Waals surface area contributed by atoms with Crippen LogP contribution < -0.4 is 0 Å². The lowest BCUT2D eigenvalue weighted by atomic mass is 10.2. The summed E-state index contributed by atoms with van der Waals surface area (Å²) >= 11 is 0. The largest absolute Gasteiger partial charge is 0.481 e. The topological polar surface area (TPSA) is 73.6 Å². The van der Waals surface area contributed by atoms with E-state index >= 15 is 0 Å². The fourth-order valence-electron chi connectivity index (χ4n) is 1.05. The van der Waals surface area contributed by atoms with E-state index in [4.69, 9.17) is 15.1 Å². The van der Waals surface area contributed by atoms with Crippen LogP contribution in [-0.4, -0.2) is 29.8 Å². The van der Waals surface area contributed by atoms with Gasteiger partial charge in [0.2, 0.25) is 5.88 Å². The van der Waals surface area contributed by atoms with Gasteiger partial charge in [0, 0.05) is 0 Å². The molecule has 1 heterocycles. The number of ether oxygens (including phenoxy) is 1. The van der Waals surface area contributed by atoms with Crippen molar-refractivity contribution in [2.45, 2.75) is 0 Å². The molecule has 0 aromatic carbocycles. The fourth-order valence-corrected chi connectivity index (χ4v) is 1.05. The van der Waals surface area contributed by atoms with Gasteiger partial charge in [-0.1, -0.05) is 6.08 Å². The fraction of sp³-hybridized carbons (Fsp3) is 0.250. The molecule has 0 saturated carbocycles. The number of allylic oxidation sites excluding steroid dienone is 2. The smallest absolute Gasteiger partial charge is 0.414 e. The van der Waals surface area contributed by atoms with Crippen LogP contribution in [0.1, 0.15) is 0 Å². The zero-order chi connectivity index (χ0) is 9.84. The molecule has 0 aromatic rings. The highest BCUT2D eigenvalue weighted by molar-refractivity contribution is 5.68. The summed E-state index contributed by atoms with van der Waals surface area (Å²) in [6.07, 6.45) is 2.00. The quantitative estimate of drug-likeness (QED) is 0.651. The van der Waals surface area contributed by atoms with Crippen molar-refractivity contribution in [2.24, 2.45) is 0 Å². The van der Waals surface area contributed by atoms with Crippen LogP contribution in [-0.2, 0) is 4.74 Å². The van der Waals surface area contributed by atoms with Crippen molar-refractivity contribution in [2.75, 3.05) is 13.7 Å². The van der Waals surface area contributed by atoms with E-state index in [2.05, 4.69) is 0 Å². The summed E-state index contributed by atoms with van der Waals surface area (Å²) in [5, 5.41) is 17.4. The molecule has 5 nitrogen and oxygen atoms in total. The minimum Gasteiger partial charge on any atom is -0.481 e. The summed E-state index contributed by atoms with van der Waals surface area (Å²) in [5.74, 6) is 0.0810. The van der Waals surface area contributed by atoms with Crippen LogP contribution in [0.2, 0.25) is 0 Å². The number of carbonyl (C=O) groups is 1. The van der Waals surface area contributed by atoms with E-state index in [1.807, 2.05) is 6.07 Å². The maximum Gasteiger partial charge on any atom is 0.414 e. The first-order valence-electron chi connectivity index (χ1n) is 3.56. The average molecular weight is 180 g/mol. The molecule has 1 rings (SSSR count). The molecule has 0 unspecified atom stereocenters. The SMILES string of the molecule is COC1=C(C#N)C=CCN1C(=O)O. The third-order valence-corrected chi connectivity index (χ3v) is 1.59. The van der Waals surface area contributed by atoms with Crippen molar-refractivity contribution in [1.82, 2.24) is 4.90 Å². The summed E-state index contributed by atoms with van der Waals surface area (Å²) in [4.78, 5) is 11.6. The van der Waals surface area contributed by atoms with Gasteiger partial charge in [-0.2, -0.15) is 5.26 Å². The van der Waals surface area contributed by atoms with Crippen molar-refractivity contribution in [3.63, 3.8) is 0 Å². The highest BCUT2D eigenvalue weighted by atomic mass is 16.5. The van der Waals surface area contributed by atoms with E-state index in [1.165, 1.54) is 13.2 Å². The molecule has 0 aliphatic carbocycles. The molecule has 68 valence electrons. The molecule has 0 fully saturated rings. The third kappa shape index (κ3) is 1.62. The maximum atomic E-state index is 10.7. The van der Waals surface area contributed by atoms with E-state index < -0.39 is 6.09 Å². The summed E-state index contributed by atoms with van der Waals surface area (Å²) in [6, 6.07) is 1.85. The van der Waals surface area contributed by atoms with Crippen LogP contribution >= 0.6 is 0 Å². The van der Waals surface area contributed by atoms with E-state index in [0.29, 0.717) is 0 Å². The maximum absolute atomic E-state index is 10.7. The second kappa shape index (κ2) is 3.63. The lowest BCUT2D eigenvalue weighted by Gasteiger charge is -2.22. The molecule has 0 radical (unpaired) electrons. The highest BCUT2D eigenvalue weighted by Gasteiger charge is 2.22. The Kier molecular flexibility index (Phi) is 2.55.